The molecule has 5 rings (SSSR count). The second-order valence-corrected chi connectivity index (χ2v) is 7.67. The smallest absolute Gasteiger partial charge is 0.321 e. The molecule has 0 unspecified atom stereocenters. The van der Waals surface area contributed by atoms with Gasteiger partial charge in [0.05, 0.1) is 5.92 Å². The molecular weight excluding hydrogens is 408 g/mol. The Morgan fingerprint density at radius 2 is 1.93 bits per heavy atom. The molecule has 2 amide bonds. The molecule has 1 atom stereocenters. The maximum atomic E-state index is 12.7. The zero-order chi connectivity index (χ0) is 20.5. The summed E-state index contributed by atoms with van der Waals surface area (Å²) in [5, 5.41) is 12.0. The molecule has 2 aliphatic heterocycles. The van der Waals surface area contributed by atoms with Gasteiger partial charge in [-0.05, 0) is 55.3 Å². The van der Waals surface area contributed by atoms with Crippen molar-refractivity contribution in [1.82, 2.24) is 15.1 Å². The minimum absolute atomic E-state index is 0.00928. The Hall–Kier alpha value is -3.26. The Balaban J connectivity index is 1.27. The number of aromatic nitrogens is 2. The second kappa shape index (κ2) is 7.87. The maximum Gasteiger partial charge on any atom is 0.321 e. The van der Waals surface area contributed by atoms with E-state index in [4.69, 9.17) is 25.5 Å². The lowest BCUT2D eigenvalue weighted by Gasteiger charge is -2.31. The predicted octanol–water partition coefficient (Wildman–Crippen LogP) is 4.53. The van der Waals surface area contributed by atoms with Gasteiger partial charge in [0.25, 0.3) is 0 Å². The van der Waals surface area contributed by atoms with Gasteiger partial charge in [0.2, 0.25) is 18.6 Å². The molecule has 0 bridgehead atoms. The highest BCUT2D eigenvalue weighted by atomic mass is 35.5. The highest BCUT2D eigenvalue weighted by molar-refractivity contribution is 6.30. The van der Waals surface area contributed by atoms with Crippen molar-refractivity contribution in [2.24, 2.45) is 0 Å². The summed E-state index contributed by atoms with van der Waals surface area (Å²) >= 11 is 5.90. The van der Waals surface area contributed by atoms with Gasteiger partial charge >= 0.3 is 6.03 Å². The average molecular weight is 427 g/mol. The Labute approximate surface area is 177 Å². The van der Waals surface area contributed by atoms with Crippen LogP contribution >= 0.6 is 11.6 Å². The van der Waals surface area contributed by atoms with Crippen LogP contribution in [0.3, 0.4) is 0 Å². The van der Waals surface area contributed by atoms with Crippen LogP contribution in [0.15, 0.2) is 46.9 Å². The number of piperidine rings is 1. The summed E-state index contributed by atoms with van der Waals surface area (Å²) in [6, 6.07) is 12.4. The number of ether oxygens (including phenoxy) is 2. The number of amides is 2. The fourth-order valence-corrected chi connectivity index (χ4v) is 3.77. The molecule has 2 aliphatic rings. The number of rotatable bonds is 3. The van der Waals surface area contributed by atoms with Gasteiger partial charge in [-0.3, -0.25) is 0 Å². The fraction of sp³-hybridized carbons (Fsp3) is 0.286. The summed E-state index contributed by atoms with van der Waals surface area (Å²) in [6.07, 6.45) is 1.74. The van der Waals surface area contributed by atoms with Crippen LogP contribution in [0.25, 0.3) is 11.5 Å². The molecule has 154 valence electrons. The van der Waals surface area contributed by atoms with Crippen LogP contribution in [0.5, 0.6) is 11.5 Å². The van der Waals surface area contributed by atoms with Crippen molar-refractivity contribution in [2.75, 3.05) is 25.2 Å². The summed E-state index contributed by atoms with van der Waals surface area (Å²) in [5.74, 6) is 2.31. The van der Waals surface area contributed by atoms with Crippen LogP contribution in [0.4, 0.5) is 10.5 Å². The largest absolute Gasteiger partial charge is 0.454 e. The van der Waals surface area contributed by atoms with Crippen LogP contribution in [-0.4, -0.2) is 41.0 Å². The number of hydrogen-bond acceptors (Lipinski definition) is 6. The molecule has 1 N–H and O–H groups in total. The molecule has 0 spiro atoms. The van der Waals surface area contributed by atoms with Crippen LogP contribution in [0.1, 0.15) is 24.7 Å². The molecule has 1 saturated heterocycles. The molecule has 0 saturated carbocycles. The molecule has 2 aromatic carbocycles. The number of fused-ring (bicyclic) bond motifs is 1. The van der Waals surface area contributed by atoms with Crippen molar-refractivity contribution in [3.63, 3.8) is 0 Å². The second-order valence-electron chi connectivity index (χ2n) is 7.24. The maximum absolute atomic E-state index is 12.7. The molecular formula is C21H19ClN4O4. The molecule has 3 aromatic rings. The molecule has 0 radical (unpaired) electrons. The highest BCUT2D eigenvalue weighted by Gasteiger charge is 2.29. The molecule has 9 heteroatoms. The molecule has 0 aliphatic carbocycles. The average Bonchev–Trinajstić information content (AvgIpc) is 3.44. The third-order valence-electron chi connectivity index (χ3n) is 5.21. The standard InChI is InChI=1S/C21H19ClN4O4/c22-15-4-6-16(7-5-15)23-21(27)26-9-1-2-14(11-26)20-25-24-19(30-20)13-3-8-17-18(10-13)29-12-28-17/h3-8,10,14H,1-2,9,11-12H2,(H,23,27)/t14-/m1/s1. The van der Waals surface area contributed by atoms with Crippen LogP contribution < -0.4 is 14.8 Å². The lowest BCUT2D eigenvalue weighted by molar-refractivity contribution is 0.174. The zero-order valence-electron chi connectivity index (χ0n) is 16.0. The summed E-state index contributed by atoms with van der Waals surface area (Å²) in [5.41, 5.74) is 1.47. The normalized spacial score (nSPS) is 17.8. The summed E-state index contributed by atoms with van der Waals surface area (Å²) in [6.45, 7) is 1.41. The SMILES string of the molecule is O=C(Nc1ccc(Cl)cc1)N1CCC[C@@H](c2nnc(-c3ccc4c(c3)OCO4)o2)C1. The fourth-order valence-electron chi connectivity index (χ4n) is 3.64. The topological polar surface area (TPSA) is 89.7 Å². The summed E-state index contributed by atoms with van der Waals surface area (Å²) in [4.78, 5) is 14.4. The van der Waals surface area contributed by atoms with E-state index in [0.29, 0.717) is 47.1 Å². The number of benzene rings is 2. The van der Waals surface area contributed by atoms with Gasteiger partial charge in [-0.15, -0.1) is 10.2 Å². The van der Waals surface area contributed by atoms with Gasteiger partial charge in [0.15, 0.2) is 11.5 Å². The minimum Gasteiger partial charge on any atom is -0.454 e. The van der Waals surface area contributed by atoms with E-state index in [1.54, 1.807) is 29.2 Å². The first-order valence-corrected chi connectivity index (χ1v) is 10.1. The van der Waals surface area contributed by atoms with Crippen molar-refractivity contribution in [3.8, 4) is 23.0 Å². The van der Waals surface area contributed by atoms with Crippen molar-refractivity contribution < 1.29 is 18.7 Å². The monoisotopic (exact) mass is 426 g/mol. The van der Waals surface area contributed by atoms with E-state index in [2.05, 4.69) is 15.5 Å². The van der Waals surface area contributed by atoms with Crippen molar-refractivity contribution in [1.29, 1.82) is 0 Å². The first-order valence-electron chi connectivity index (χ1n) is 9.70. The summed E-state index contributed by atoms with van der Waals surface area (Å²) < 4.78 is 16.7. The molecule has 3 heterocycles. The number of carbonyl (C=O) groups excluding carboxylic acids is 1. The van der Waals surface area contributed by atoms with Gasteiger partial charge < -0.3 is 24.1 Å². The Kier molecular flexibility index (Phi) is 4.92. The zero-order valence-corrected chi connectivity index (χ0v) is 16.8. The van der Waals surface area contributed by atoms with E-state index >= 15 is 0 Å². The third kappa shape index (κ3) is 3.78. The minimum atomic E-state index is -0.155. The lowest BCUT2D eigenvalue weighted by atomic mass is 9.98. The lowest BCUT2D eigenvalue weighted by Crippen LogP contribution is -2.41. The van der Waals surface area contributed by atoms with Gasteiger partial charge in [0.1, 0.15) is 0 Å². The highest BCUT2D eigenvalue weighted by Crippen LogP contribution is 2.36. The third-order valence-corrected chi connectivity index (χ3v) is 5.47. The van der Waals surface area contributed by atoms with Gasteiger partial charge in [-0.2, -0.15) is 0 Å². The Morgan fingerprint density at radius 3 is 2.80 bits per heavy atom. The van der Waals surface area contributed by atoms with Gasteiger partial charge in [0, 0.05) is 29.4 Å². The van der Waals surface area contributed by atoms with E-state index in [1.807, 2.05) is 18.2 Å². The van der Waals surface area contributed by atoms with Gasteiger partial charge in [-0.1, -0.05) is 11.6 Å². The molecule has 8 nitrogen and oxygen atoms in total. The number of halogens is 1. The quantitative estimate of drug-likeness (QED) is 0.661. The van der Waals surface area contributed by atoms with Gasteiger partial charge in [-0.25, -0.2) is 4.79 Å². The first kappa shape index (κ1) is 18.7. The Morgan fingerprint density at radius 1 is 1.10 bits per heavy atom. The number of likely N-dealkylation sites (tertiary alicyclic amines) is 1. The molecule has 1 aromatic heterocycles. The van der Waals surface area contributed by atoms with E-state index in [0.717, 1.165) is 18.4 Å². The van der Waals surface area contributed by atoms with Crippen molar-refractivity contribution >= 4 is 23.3 Å². The van der Waals surface area contributed by atoms with Crippen LogP contribution in [-0.2, 0) is 0 Å². The van der Waals surface area contributed by atoms with Crippen LogP contribution in [0.2, 0.25) is 5.02 Å². The number of urea groups is 1. The number of nitrogens with zero attached hydrogens (tertiary/aromatic N) is 3. The van der Waals surface area contributed by atoms with E-state index in [9.17, 15) is 4.79 Å². The van der Waals surface area contributed by atoms with Crippen molar-refractivity contribution in [3.05, 3.63) is 53.4 Å². The summed E-state index contributed by atoms with van der Waals surface area (Å²) in [7, 11) is 0. The number of nitrogens with one attached hydrogen (secondary N) is 1. The Bertz CT molecular complexity index is 1070. The first-order chi connectivity index (χ1) is 14.7. The van der Waals surface area contributed by atoms with E-state index in [1.165, 1.54) is 0 Å². The number of carbonyl (C=O) groups is 1. The van der Waals surface area contributed by atoms with E-state index < -0.39 is 0 Å². The van der Waals surface area contributed by atoms with E-state index in [-0.39, 0.29) is 18.7 Å². The number of anilines is 1. The number of hydrogen-bond donors (Lipinski definition) is 1. The molecule has 30 heavy (non-hydrogen) atoms. The molecule has 1 fully saturated rings. The van der Waals surface area contributed by atoms with Crippen molar-refractivity contribution in [2.45, 2.75) is 18.8 Å². The predicted molar refractivity (Wildman–Crippen MR) is 110 cm³/mol. The van der Waals surface area contributed by atoms with Crippen LogP contribution in [0, 0.1) is 0 Å².